The number of hydrogen-bond acceptors (Lipinski definition) is 2. The summed E-state index contributed by atoms with van der Waals surface area (Å²) in [7, 11) is 1.72. The molecule has 2 N–H and O–H groups in total. The zero-order valence-electron chi connectivity index (χ0n) is 14.1. The predicted molar refractivity (Wildman–Crippen MR) is 89.2 cm³/mol. The van der Waals surface area contributed by atoms with Gasteiger partial charge in [0, 0.05) is 19.5 Å². The SMILES string of the molecule is CC(CO)N(C)C(=O)NCC1CCC(C)(C)c2ccccc21. The fourth-order valence-corrected chi connectivity index (χ4v) is 3.16. The average molecular weight is 304 g/mol. The molecule has 0 aromatic heterocycles. The van der Waals surface area contributed by atoms with E-state index in [-0.39, 0.29) is 24.1 Å². The number of nitrogens with zero attached hydrogens (tertiary/aromatic N) is 1. The number of benzene rings is 1. The van der Waals surface area contributed by atoms with Crippen LogP contribution in [-0.2, 0) is 5.41 Å². The van der Waals surface area contributed by atoms with Crippen molar-refractivity contribution in [2.45, 2.75) is 51.0 Å². The standard InChI is InChI=1S/C18H28N2O2/c1-13(12-21)20(4)17(22)19-11-14-9-10-18(2,3)16-8-6-5-7-15(14)16/h5-8,13-14,21H,9-12H2,1-4H3,(H,19,22). The van der Waals surface area contributed by atoms with Gasteiger partial charge in [-0.2, -0.15) is 0 Å². The largest absolute Gasteiger partial charge is 0.394 e. The molecule has 4 heteroatoms. The van der Waals surface area contributed by atoms with Crippen LogP contribution < -0.4 is 5.32 Å². The third-order valence-electron chi connectivity index (χ3n) is 4.99. The third-order valence-corrected chi connectivity index (χ3v) is 4.99. The van der Waals surface area contributed by atoms with Gasteiger partial charge in [0.15, 0.2) is 0 Å². The van der Waals surface area contributed by atoms with E-state index in [2.05, 4.69) is 43.4 Å². The zero-order valence-corrected chi connectivity index (χ0v) is 14.1. The molecule has 1 aliphatic carbocycles. The van der Waals surface area contributed by atoms with Crippen molar-refractivity contribution in [1.29, 1.82) is 0 Å². The minimum Gasteiger partial charge on any atom is -0.394 e. The average Bonchev–Trinajstić information content (AvgIpc) is 2.52. The molecule has 0 saturated carbocycles. The molecular formula is C18H28N2O2. The van der Waals surface area contributed by atoms with Crippen LogP contribution in [0.15, 0.2) is 24.3 Å². The molecule has 122 valence electrons. The highest BCUT2D eigenvalue weighted by atomic mass is 16.3. The van der Waals surface area contributed by atoms with Crippen LogP contribution in [0.3, 0.4) is 0 Å². The van der Waals surface area contributed by atoms with Crippen LogP contribution in [0.5, 0.6) is 0 Å². The van der Waals surface area contributed by atoms with Crippen molar-refractivity contribution < 1.29 is 9.90 Å². The molecule has 0 heterocycles. The molecule has 0 aliphatic heterocycles. The summed E-state index contributed by atoms with van der Waals surface area (Å²) in [4.78, 5) is 13.7. The number of fused-ring (bicyclic) bond motifs is 1. The van der Waals surface area contributed by atoms with Gasteiger partial charge in [-0.1, -0.05) is 38.1 Å². The van der Waals surface area contributed by atoms with Gasteiger partial charge in [0.2, 0.25) is 0 Å². The summed E-state index contributed by atoms with van der Waals surface area (Å²) in [6.45, 7) is 7.03. The van der Waals surface area contributed by atoms with Crippen LogP contribution in [0.4, 0.5) is 4.79 Å². The van der Waals surface area contributed by atoms with Crippen molar-refractivity contribution >= 4 is 6.03 Å². The Labute approximate surface area is 133 Å². The number of rotatable bonds is 4. The Morgan fingerprint density at radius 3 is 2.82 bits per heavy atom. The molecule has 0 saturated heterocycles. The zero-order chi connectivity index (χ0) is 16.3. The Morgan fingerprint density at radius 1 is 1.45 bits per heavy atom. The molecule has 2 amide bonds. The molecule has 2 atom stereocenters. The Morgan fingerprint density at radius 2 is 2.14 bits per heavy atom. The van der Waals surface area contributed by atoms with Crippen LogP contribution in [-0.4, -0.2) is 42.3 Å². The minimum atomic E-state index is -0.169. The first kappa shape index (κ1) is 16.8. The number of carbonyl (C=O) groups is 1. The number of carbonyl (C=O) groups excluding carboxylic acids is 1. The molecule has 22 heavy (non-hydrogen) atoms. The number of amides is 2. The van der Waals surface area contributed by atoms with E-state index in [9.17, 15) is 4.79 Å². The maximum atomic E-state index is 12.1. The van der Waals surface area contributed by atoms with Crippen molar-refractivity contribution in [3.05, 3.63) is 35.4 Å². The molecule has 2 rings (SSSR count). The monoisotopic (exact) mass is 304 g/mol. The number of aliphatic hydroxyl groups is 1. The number of likely N-dealkylation sites (N-methyl/N-ethyl adjacent to an activating group) is 1. The smallest absolute Gasteiger partial charge is 0.317 e. The van der Waals surface area contributed by atoms with Crippen LogP contribution in [0.1, 0.15) is 50.7 Å². The summed E-state index contributed by atoms with van der Waals surface area (Å²) in [6, 6.07) is 8.28. The molecule has 1 aromatic rings. The Kier molecular flexibility index (Phi) is 5.12. The van der Waals surface area contributed by atoms with E-state index in [1.807, 2.05) is 6.92 Å². The summed E-state index contributed by atoms with van der Waals surface area (Å²) in [5, 5.41) is 12.1. The topological polar surface area (TPSA) is 52.6 Å². The summed E-state index contributed by atoms with van der Waals surface area (Å²) in [6.07, 6.45) is 2.22. The Bertz CT molecular complexity index is 528. The summed E-state index contributed by atoms with van der Waals surface area (Å²) in [5.41, 5.74) is 2.97. The molecule has 0 fully saturated rings. The first-order chi connectivity index (χ1) is 10.4. The van der Waals surface area contributed by atoms with Gasteiger partial charge >= 0.3 is 6.03 Å². The second-order valence-corrected chi connectivity index (χ2v) is 7.04. The van der Waals surface area contributed by atoms with E-state index >= 15 is 0 Å². The molecule has 0 bridgehead atoms. The number of urea groups is 1. The second-order valence-electron chi connectivity index (χ2n) is 7.04. The van der Waals surface area contributed by atoms with Crippen LogP contribution >= 0.6 is 0 Å². The number of hydrogen-bond donors (Lipinski definition) is 2. The van der Waals surface area contributed by atoms with Gasteiger partial charge < -0.3 is 15.3 Å². The summed E-state index contributed by atoms with van der Waals surface area (Å²) in [5.74, 6) is 0.367. The van der Waals surface area contributed by atoms with Crippen LogP contribution in [0, 0.1) is 0 Å². The summed E-state index contributed by atoms with van der Waals surface area (Å²) >= 11 is 0. The number of aliphatic hydroxyl groups excluding tert-OH is 1. The third kappa shape index (κ3) is 3.43. The second kappa shape index (κ2) is 6.69. The molecule has 1 aliphatic rings. The van der Waals surface area contributed by atoms with Crippen molar-refractivity contribution in [2.24, 2.45) is 0 Å². The lowest BCUT2D eigenvalue weighted by atomic mass is 9.69. The highest BCUT2D eigenvalue weighted by Crippen LogP contribution is 2.42. The minimum absolute atomic E-state index is 0.0234. The van der Waals surface area contributed by atoms with E-state index in [0.29, 0.717) is 12.5 Å². The van der Waals surface area contributed by atoms with Gasteiger partial charge in [0.05, 0.1) is 12.6 Å². The van der Waals surface area contributed by atoms with E-state index in [1.165, 1.54) is 11.1 Å². The first-order valence-corrected chi connectivity index (χ1v) is 8.07. The quantitative estimate of drug-likeness (QED) is 0.898. The highest BCUT2D eigenvalue weighted by molar-refractivity contribution is 5.74. The van der Waals surface area contributed by atoms with E-state index in [0.717, 1.165) is 12.8 Å². The van der Waals surface area contributed by atoms with Gasteiger partial charge in [-0.3, -0.25) is 0 Å². The van der Waals surface area contributed by atoms with Crippen LogP contribution in [0.25, 0.3) is 0 Å². The number of nitrogens with one attached hydrogen (secondary N) is 1. The molecule has 0 spiro atoms. The Hall–Kier alpha value is -1.55. The van der Waals surface area contributed by atoms with Crippen molar-refractivity contribution in [1.82, 2.24) is 10.2 Å². The lowest BCUT2D eigenvalue weighted by Gasteiger charge is -2.37. The molecule has 4 nitrogen and oxygen atoms in total. The van der Waals surface area contributed by atoms with E-state index < -0.39 is 0 Å². The molecule has 2 unspecified atom stereocenters. The van der Waals surface area contributed by atoms with E-state index in [1.54, 1.807) is 11.9 Å². The van der Waals surface area contributed by atoms with Gasteiger partial charge in [0.1, 0.15) is 0 Å². The Balaban J connectivity index is 2.04. The molecular weight excluding hydrogens is 276 g/mol. The normalized spacial score (nSPS) is 20.9. The van der Waals surface area contributed by atoms with Gasteiger partial charge in [-0.15, -0.1) is 0 Å². The highest BCUT2D eigenvalue weighted by Gasteiger charge is 2.32. The van der Waals surface area contributed by atoms with Gasteiger partial charge in [-0.25, -0.2) is 4.79 Å². The predicted octanol–water partition coefficient (Wildman–Crippen LogP) is 2.86. The van der Waals surface area contributed by atoms with Crippen molar-refractivity contribution in [3.63, 3.8) is 0 Å². The lowest BCUT2D eigenvalue weighted by Crippen LogP contribution is -2.45. The van der Waals surface area contributed by atoms with E-state index in [4.69, 9.17) is 5.11 Å². The van der Waals surface area contributed by atoms with Crippen LogP contribution in [0.2, 0.25) is 0 Å². The van der Waals surface area contributed by atoms with Gasteiger partial charge in [-0.05, 0) is 36.3 Å². The van der Waals surface area contributed by atoms with Crippen molar-refractivity contribution in [2.75, 3.05) is 20.2 Å². The molecule has 1 aromatic carbocycles. The maximum Gasteiger partial charge on any atom is 0.317 e. The molecule has 0 radical (unpaired) electrons. The lowest BCUT2D eigenvalue weighted by molar-refractivity contribution is 0.156. The van der Waals surface area contributed by atoms with Gasteiger partial charge in [0.25, 0.3) is 0 Å². The van der Waals surface area contributed by atoms with Crippen molar-refractivity contribution in [3.8, 4) is 0 Å². The fraction of sp³-hybridized carbons (Fsp3) is 0.611. The maximum absolute atomic E-state index is 12.1. The first-order valence-electron chi connectivity index (χ1n) is 8.07. The fourth-order valence-electron chi connectivity index (χ4n) is 3.16. The summed E-state index contributed by atoms with van der Waals surface area (Å²) < 4.78 is 0.